The van der Waals surface area contributed by atoms with Crippen LogP contribution in [-0.2, 0) is 4.79 Å². The number of amides is 1. The van der Waals surface area contributed by atoms with Gasteiger partial charge in [-0.2, -0.15) is 5.10 Å². The van der Waals surface area contributed by atoms with E-state index < -0.39 is 23.7 Å². The molecule has 29 heavy (non-hydrogen) atoms. The molecule has 0 saturated carbocycles. The average molecular weight is 435 g/mol. The van der Waals surface area contributed by atoms with Crippen molar-refractivity contribution in [3.8, 4) is 0 Å². The summed E-state index contributed by atoms with van der Waals surface area (Å²) in [5.74, 6) is -2.54. The minimum atomic E-state index is -1.05. The van der Waals surface area contributed by atoms with Crippen LogP contribution in [0.25, 0.3) is 0 Å². The summed E-state index contributed by atoms with van der Waals surface area (Å²) in [6, 6.07) is 9.97. The molecule has 2 aromatic rings. The fourth-order valence-electron chi connectivity index (χ4n) is 2.86. The minimum absolute atomic E-state index is 0.0857. The topological polar surface area (TPSA) is 65.0 Å². The van der Waals surface area contributed by atoms with Crippen LogP contribution in [-0.4, -0.2) is 33.7 Å². The van der Waals surface area contributed by atoms with Crippen molar-refractivity contribution in [2.24, 2.45) is 5.10 Å². The number of thioether (sulfide) groups is 1. The van der Waals surface area contributed by atoms with Gasteiger partial charge in [-0.15, -0.1) is 0 Å². The van der Waals surface area contributed by atoms with Crippen LogP contribution >= 0.6 is 23.4 Å². The number of hydrogen-bond donors (Lipinski definition) is 1. The number of ketones is 1. The zero-order valence-electron chi connectivity index (χ0n) is 14.7. The van der Waals surface area contributed by atoms with Crippen LogP contribution in [0.5, 0.6) is 0 Å². The van der Waals surface area contributed by atoms with E-state index >= 15 is 0 Å². The molecule has 1 N–H and O–H groups in total. The highest BCUT2D eigenvalue weighted by Gasteiger charge is 2.38. The molecule has 1 atom stereocenters. The van der Waals surface area contributed by atoms with E-state index in [4.69, 9.17) is 11.6 Å². The first-order valence-electron chi connectivity index (χ1n) is 8.44. The van der Waals surface area contributed by atoms with Crippen molar-refractivity contribution in [3.05, 3.63) is 77.1 Å². The largest absolute Gasteiger partial charge is 0.294 e. The van der Waals surface area contributed by atoms with Gasteiger partial charge < -0.3 is 0 Å². The molecule has 6 nitrogen and oxygen atoms in total. The van der Waals surface area contributed by atoms with E-state index in [1.54, 1.807) is 35.4 Å². The molecule has 1 amide bonds. The molecular formula is C19H13ClF2N4O2S. The number of hydrazone groups is 1. The molecule has 0 bridgehead atoms. The van der Waals surface area contributed by atoms with E-state index in [2.05, 4.69) is 10.5 Å². The molecule has 0 radical (unpaired) electrons. The van der Waals surface area contributed by atoms with Crippen LogP contribution < -0.4 is 10.3 Å². The SMILES string of the molecule is O=C(CSC1=NNC2C(=O)N(c3ccc(F)c(F)c3)C=CN12)c1ccccc1Cl. The number of benzene rings is 2. The quantitative estimate of drug-likeness (QED) is 0.745. The lowest BCUT2D eigenvalue weighted by atomic mass is 10.1. The highest BCUT2D eigenvalue weighted by Crippen LogP contribution is 2.27. The normalized spacial score (nSPS) is 17.8. The maximum absolute atomic E-state index is 13.5. The fraction of sp³-hybridized carbons (Fsp3) is 0.105. The first-order valence-corrected chi connectivity index (χ1v) is 9.80. The summed E-state index contributed by atoms with van der Waals surface area (Å²) in [6.45, 7) is 0. The van der Waals surface area contributed by atoms with Gasteiger partial charge in [0, 0.05) is 24.0 Å². The van der Waals surface area contributed by atoms with Gasteiger partial charge in [0.1, 0.15) is 0 Å². The standard InChI is InChI=1S/C19H13ClF2N4O2S/c20-13-4-2-1-3-12(13)16(27)10-29-19-24-23-17-18(28)25(7-8-26(17)19)11-5-6-14(21)15(22)9-11/h1-9,17,23H,10H2. The van der Waals surface area contributed by atoms with Crippen LogP contribution in [0.1, 0.15) is 10.4 Å². The summed E-state index contributed by atoms with van der Waals surface area (Å²) < 4.78 is 26.7. The van der Waals surface area contributed by atoms with Crippen LogP contribution in [0.15, 0.2) is 60.0 Å². The van der Waals surface area contributed by atoms with Crippen molar-refractivity contribution in [3.63, 3.8) is 0 Å². The van der Waals surface area contributed by atoms with Gasteiger partial charge in [0.2, 0.25) is 6.17 Å². The average Bonchev–Trinajstić information content (AvgIpc) is 3.13. The van der Waals surface area contributed by atoms with Gasteiger partial charge >= 0.3 is 0 Å². The Labute approximate surface area is 173 Å². The van der Waals surface area contributed by atoms with Crippen molar-refractivity contribution >= 4 is 45.9 Å². The predicted octanol–water partition coefficient (Wildman–Crippen LogP) is 3.55. The molecule has 1 unspecified atom stereocenters. The molecular weight excluding hydrogens is 422 g/mol. The van der Waals surface area contributed by atoms with Crippen LogP contribution in [0.4, 0.5) is 14.5 Å². The fourth-order valence-corrected chi connectivity index (χ4v) is 3.95. The molecule has 0 aromatic heterocycles. The van der Waals surface area contributed by atoms with Crippen molar-refractivity contribution in [2.75, 3.05) is 10.7 Å². The highest BCUT2D eigenvalue weighted by molar-refractivity contribution is 8.14. The van der Waals surface area contributed by atoms with Crippen molar-refractivity contribution < 1.29 is 18.4 Å². The predicted molar refractivity (Wildman–Crippen MR) is 107 cm³/mol. The number of carbonyl (C=O) groups excluding carboxylic acids is 2. The van der Waals surface area contributed by atoms with E-state index in [-0.39, 0.29) is 17.2 Å². The Morgan fingerprint density at radius 3 is 2.72 bits per heavy atom. The van der Waals surface area contributed by atoms with Gasteiger partial charge in [-0.05, 0) is 24.3 Å². The summed E-state index contributed by atoms with van der Waals surface area (Å²) in [4.78, 5) is 27.9. The number of Topliss-reactive ketones (excluding diaryl/α,β-unsaturated/α-hetero) is 1. The first-order chi connectivity index (χ1) is 14.0. The Bertz CT molecular complexity index is 1060. The number of hydrogen-bond acceptors (Lipinski definition) is 6. The highest BCUT2D eigenvalue weighted by atomic mass is 35.5. The summed E-state index contributed by atoms with van der Waals surface area (Å²) >= 11 is 7.20. The first kappa shape index (κ1) is 19.4. The van der Waals surface area contributed by atoms with E-state index in [1.807, 2.05) is 0 Å². The van der Waals surface area contributed by atoms with Crippen LogP contribution in [0, 0.1) is 11.6 Å². The molecule has 4 rings (SSSR count). The number of amidine groups is 1. The molecule has 2 aliphatic rings. The van der Waals surface area contributed by atoms with Crippen LogP contribution in [0.3, 0.4) is 0 Å². The lowest BCUT2D eigenvalue weighted by Gasteiger charge is -2.31. The third-order valence-corrected chi connectivity index (χ3v) is 5.61. The second-order valence-corrected chi connectivity index (χ2v) is 7.48. The summed E-state index contributed by atoms with van der Waals surface area (Å²) in [6.07, 6.45) is 2.18. The lowest BCUT2D eigenvalue weighted by Crippen LogP contribution is -2.52. The molecule has 2 aromatic carbocycles. The maximum Gasteiger partial charge on any atom is 0.276 e. The number of carbonyl (C=O) groups is 2. The summed E-state index contributed by atoms with van der Waals surface area (Å²) in [5, 5.41) is 4.92. The third-order valence-electron chi connectivity index (χ3n) is 4.32. The molecule has 2 heterocycles. The molecule has 0 spiro atoms. The van der Waals surface area contributed by atoms with E-state index in [9.17, 15) is 18.4 Å². The number of halogens is 3. The second kappa shape index (κ2) is 7.84. The van der Waals surface area contributed by atoms with Crippen molar-refractivity contribution in [2.45, 2.75) is 6.17 Å². The molecule has 0 fully saturated rings. The summed E-state index contributed by atoms with van der Waals surface area (Å²) in [5.41, 5.74) is 3.32. The zero-order valence-corrected chi connectivity index (χ0v) is 16.3. The second-order valence-electron chi connectivity index (χ2n) is 6.13. The summed E-state index contributed by atoms with van der Waals surface area (Å²) in [7, 11) is 0. The zero-order chi connectivity index (χ0) is 20.5. The van der Waals surface area contributed by atoms with E-state index in [0.717, 1.165) is 23.9 Å². The molecule has 2 aliphatic heterocycles. The Kier molecular flexibility index (Phi) is 5.25. The smallest absolute Gasteiger partial charge is 0.276 e. The van der Waals surface area contributed by atoms with E-state index in [1.165, 1.54) is 17.2 Å². The van der Waals surface area contributed by atoms with Gasteiger partial charge in [0.25, 0.3) is 5.91 Å². The molecule has 0 saturated heterocycles. The Morgan fingerprint density at radius 2 is 1.97 bits per heavy atom. The number of nitrogens with one attached hydrogen (secondary N) is 1. The van der Waals surface area contributed by atoms with Gasteiger partial charge in [-0.3, -0.25) is 24.8 Å². The maximum atomic E-state index is 13.5. The van der Waals surface area contributed by atoms with Crippen molar-refractivity contribution in [1.29, 1.82) is 0 Å². The number of anilines is 1. The lowest BCUT2D eigenvalue weighted by molar-refractivity contribution is -0.122. The number of fused-ring (bicyclic) bond motifs is 1. The number of nitrogens with zero attached hydrogens (tertiary/aromatic N) is 3. The minimum Gasteiger partial charge on any atom is -0.294 e. The van der Waals surface area contributed by atoms with Gasteiger partial charge in [0.15, 0.2) is 22.6 Å². The monoisotopic (exact) mass is 434 g/mol. The Balaban J connectivity index is 1.46. The van der Waals surface area contributed by atoms with Gasteiger partial charge in [-0.25, -0.2) is 8.78 Å². The van der Waals surface area contributed by atoms with Crippen molar-refractivity contribution in [1.82, 2.24) is 10.3 Å². The Morgan fingerprint density at radius 1 is 1.17 bits per heavy atom. The molecule has 0 aliphatic carbocycles. The molecule has 148 valence electrons. The van der Waals surface area contributed by atoms with Gasteiger partial charge in [0.05, 0.1) is 16.5 Å². The molecule has 10 heteroatoms. The van der Waals surface area contributed by atoms with E-state index in [0.29, 0.717) is 15.8 Å². The Hall–Kier alpha value is -2.91. The van der Waals surface area contributed by atoms with Crippen LogP contribution in [0.2, 0.25) is 5.02 Å². The third kappa shape index (κ3) is 3.70. The van der Waals surface area contributed by atoms with Gasteiger partial charge in [-0.1, -0.05) is 35.5 Å². The number of rotatable bonds is 4.